The smallest absolute Gasteiger partial charge is 0.0412 e. The molecule has 0 spiro atoms. The van der Waals surface area contributed by atoms with Gasteiger partial charge in [-0.1, -0.05) is 32.9 Å². The first-order valence-corrected chi connectivity index (χ1v) is 6.90. The van der Waals surface area contributed by atoms with Gasteiger partial charge in [-0.2, -0.15) is 0 Å². The van der Waals surface area contributed by atoms with Crippen LogP contribution in [0.4, 0.5) is 0 Å². The Labute approximate surface area is 111 Å². The Morgan fingerprint density at radius 2 is 2.11 bits per heavy atom. The maximum absolute atomic E-state index is 4.24. The van der Waals surface area contributed by atoms with Crippen molar-refractivity contribution in [3.63, 3.8) is 0 Å². The van der Waals surface area contributed by atoms with Crippen LogP contribution in [-0.2, 0) is 0 Å². The van der Waals surface area contributed by atoms with Gasteiger partial charge in [0.25, 0.3) is 0 Å². The predicted octanol–water partition coefficient (Wildman–Crippen LogP) is 5.11. The van der Waals surface area contributed by atoms with Crippen LogP contribution in [0.5, 0.6) is 0 Å². The molecule has 1 saturated carbocycles. The van der Waals surface area contributed by atoms with E-state index in [1.165, 1.54) is 35.2 Å². The fraction of sp³-hybridized carbons (Fsp3) is 0.529. The molecule has 1 N–H and O–H groups in total. The van der Waals surface area contributed by atoms with E-state index in [9.17, 15) is 0 Å². The molecule has 0 saturated heterocycles. The summed E-state index contributed by atoms with van der Waals surface area (Å²) in [4.78, 5) is 3.31. The van der Waals surface area contributed by atoms with Gasteiger partial charge < -0.3 is 4.98 Å². The molecule has 1 aromatic rings. The van der Waals surface area contributed by atoms with Gasteiger partial charge in [0, 0.05) is 11.9 Å². The monoisotopic (exact) mass is 243 g/mol. The zero-order valence-electron chi connectivity index (χ0n) is 12.1. The van der Waals surface area contributed by atoms with Crippen molar-refractivity contribution < 1.29 is 0 Å². The number of rotatable bonds is 1. The minimum Gasteiger partial charge on any atom is -0.361 e. The molecule has 0 bridgehead atoms. The van der Waals surface area contributed by atoms with Crippen molar-refractivity contribution in [3.05, 3.63) is 41.2 Å². The third-order valence-electron chi connectivity index (χ3n) is 4.26. The third kappa shape index (κ3) is 2.77. The lowest BCUT2D eigenvalue weighted by atomic mass is 9.69. The molecule has 2 rings (SSSR count). The molecule has 1 heteroatoms. The molecule has 1 unspecified atom stereocenters. The summed E-state index contributed by atoms with van der Waals surface area (Å²) in [6, 6.07) is 2.12. The quantitative estimate of drug-likeness (QED) is 0.705. The summed E-state index contributed by atoms with van der Waals surface area (Å²) >= 11 is 0. The first kappa shape index (κ1) is 13.2. The lowest BCUT2D eigenvalue weighted by molar-refractivity contribution is 0.216. The van der Waals surface area contributed by atoms with Crippen molar-refractivity contribution in [2.24, 2.45) is 11.3 Å². The van der Waals surface area contributed by atoms with Crippen LogP contribution in [0.2, 0.25) is 0 Å². The SMILES string of the molecule is C=C1CCC(C(C)(C)C)C/C1=C/c1[nH]ccc1C. The Balaban J connectivity index is 2.23. The lowest BCUT2D eigenvalue weighted by Crippen LogP contribution is -2.24. The van der Waals surface area contributed by atoms with Gasteiger partial charge in [-0.15, -0.1) is 0 Å². The highest BCUT2D eigenvalue weighted by molar-refractivity contribution is 5.58. The molecule has 1 heterocycles. The summed E-state index contributed by atoms with van der Waals surface area (Å²) in [7, 11) is 0. The highest BCUT2D eigenvalue weighted by Gasteiger charge is 2.29. The van der Waals surface area contributed by atoms with Gasteiger partial charge in [0.05, 0.1) is 0 Å². The van der Waals surface area contributed by atoms with Crippen molar-refractivity contribution in [2.75, 3.05) is 0 Å². The Bertz CT molecular complexity index is 468. The number of allylic oxidation sites excluding steroid dienone is 2. The Morgan fingerprint density at radius 1 is 1.39 bits per heavy atom. The van der Waals surface area contributed by atoms with Crippen molar-refractivity contribution in [2.45, 2.75) is 47.0 Å². The maximum Gasteiger partial charge on any atom is 0.0412 e. The van der Waals surface area contributed by atoms with Crippen LogP contribution in [0, 0.1) is 18.3 Å². The van der Waals surface area contributed by atoms with E-state index in [-0.39, 0.29) is 0 Å². The van der Waals surface area contributed by atoms with Crippen LogP contribution in [0.3, 0.4) is 0 Å². The van der Waals surface area contributed by atoms with Crippen LogP contribution in [-0.4, -0.2) is 4.98 Å². The fourth-order valence-electron chi connectivity index (χ4n) is 2.71. The average Bonchev–Trinajstić information content (AvgIpc) is 2.66. The summed E-state index contributed by atoms with van der Waals surface area (Å²) in [5, 5.41) is 0. The Hall–Kier alpha value is -1.24. The van der Waals surface area contributed by atoms with Crippen LogP contribution in [0.15, 0.2) is 30.0 Å². The largest absolute Gasteiger partial charge is 0.361 e. The molecule has 1 aliphatic carbocycles. The molecule has 1 fully saturated rings. The fourth-order valence-corrected chi connectivity index (χ4v) is 2.71. The van der Waals surface area contributed by atoms with E-state index in [4.69, 9.17) is 0 Å². The highest BCUT2D eigenvalue weighted by Crippen LogP contribution is 2.42. The molecule has 1 nitrogen and oxygen atoms in total. The predicted molar refractivity (Wildman–Crippen MR) is 79.4 cm³/mol. The van der Waals surface area contributed by atoms with Gasteiger partial charge in [-0.3, -0.25) is 0 Å². The zero-order valence-corrected chi connectivity index (χ0v) is 12.1. The second-order valence-electron chi connectivity index (χ2n) is 6.65. The zero-order chi connectivity index (χ0) is 13.3. The van der Waals surface area contributed by atoms with Crippen LogP contribution in [0.25, 0.3) is 6.08 Å². The van der Waals surface area contributed by atoms with Crippen molar-refractivity contribution >= 4 is 6.08 Å². The normalized spacial score (nSPS) is 23.7. The van der Waals surface area contributed by atoms with Gasteiger partial charge in [-0.25, -0.2) is 0 Å². The van der Waals surface area contributed by atoms with Crippen LogP contribution >= 0.6 is 0 Å². The first-order valence-electron chi connectivity index (χ1n) is 6.90. The summed E-state index contributed by atoms with van der Waals surface area (Å²) < 4.78 is 0. The number of aromatic nitrogens is 1. The molecule has 0 radical (unpaired) electrons. The molecular formula is C17H25N. The number of H-pyrrole nitrogens is 1. The topological polar surface area (TPSA) is 15.8 Å². The minimum atomic E-state index is 0.393. The van der Waals surface area contributed by atoms with E-state index < -0.39 is 0 Å². The van der Waals surface area contributed by atoms with Crippen LogP contribution < -0.4 is 0 Å². The molecule has 1 aliphatic rings. The van der Waals surface area contributed by atoms with Gasteiger partial charge >= 0.3 is 0 Å². The lowest BCUT2D eigenvalue weighted by Gasteiger charge is -2.36. The molecule has 0 amide bonds. The molecule has 1 atom stereocenters. The molecule has 1 aromatic heterocycles. The van der Waals surface area contributed by atoms with Gasteiger partial charge in [0.1, 0.15) is 0 Å². The highest BCUT2D eigenvalue weighted by atomic mass is 14.7. The Morgan fingerprint density at radius 3 is 2.67 bits per heavy atom. The van der Waals surface area contributed by atoms with Gasteiger partial charge in [0.15, 0.2) is 0 Å². The van der Waals surface area contributed by atoms with E-state index in [0.29, 0.717) is 5.41 Å². The van der Waals surface area contributed by atoms with E-state index in [1.54, 1.807) is 0 Å². The van der Waals surface area contributed by atoms with E-state index in [1.807, 2.05) is 6.20 Å². The standard InChI is InChI=1S/C17H25N/c1-12-6-7-15(17(3,4)5)10-14(12)11-16-13(2)8-9-18-16/h8-9,11,15,18H,1,6-7,10H2,2-5H3/b14-11-. The summed E-state index contributed by atoms with van der Waals surface area (Å²) in [5.74, 6) is 0.768. The molecule has 18 heavy (non-hydrogen) atoms. The molecule has 98 valence electrons. The number of nitrogens with one attached hydrogen (secondary N) is 1. The maximum atomic E-state index is 4.24. The molecule has 0 aliphatic heterocycles. The van der Waals surface area contributed by atoms with Crippen molar-refractivity contribution in [1.82, 2.24) is 4.98 Å². The van der Waals surface area contributed by atoms with E-state index in [0.717, 1.165) is 12.3 Å². The number of hydrogen-bond acceptors (Lipinski definition) is 0. The van der Waals surface area contributed by atoms with Crippen LogP contribution in [0.1, 0.15) is 51.3 Å². The second-order valence-corrected chi connectivity index (χ2v) is 6.65. The van der Waals surface area contributed by atoms with Gasteiger partial charge in [-0.05, 0) is 60.8 Å². The minimum absolute atomic E-state index is 0.393. The molecular weight excluding hydrogens is 218 g/mol. The first-order chi connectivity index (χ1) is 8.38. The summed E-state index contributed by atoms with van der Waals surface area (Å²) in [6.45, 7) is 13.4. The Kier molecular flexibility index (Phi) is 3.52. The van der Waals surface area contributed by atoms with Crippen molar-refractivity contribution in [1.29, 1.82) is 0 Å². The number of aromatic amines is 1. The number of aryl methyl sites for hydroxylation is 1. The number of hydrogen-bond donors (Lipinski definition) is 1. The summed E-state index contributed by atoms with van der Waals surface area (Å²) in [5.41, 5.74) is 5.70. The van der Waals surface area contributed by atoms with E-state index in [2.05, 4.69) is 51.4 Å². The van der Waals surface area contributed by atoms with Gasteiger partial charge in [0.2, 0.25) is 0 Å². The third-order valence-corrected chi connectivity index (χ3v) is 4.26. The van der Waals surface area contributed by atoms with E-state index >= 15 is 0 Å². The molecule has 0 aromatic carbocycles. The second kappa shape index (κ2) is 4.79. The average molecular weight is 243 g/mol. The van der Waals surface area contributed by atoms with Crippen molar-refractivity contribution in [3.8, 4) is 0 Å². The summed E-state index contributed by atoms with van der Waals surface area (Å²) in [6.07, 6.45) is 7.90.